The molecule has 0 radical (unpaired) electrons. The average Bonchev–Trinajstić information content (AvgIpc) is 3.41. The van der Waals surface area contributed by atoms with E-state index in [1.807, 2.05) is 11.4 Å². The normalized spacial score (nSPS) is 17.2. The number of hydrogen-bond donors (Lipinski definition) is 2. The summed E-state index contributed by atoms with van der Waals surface area (Å²) in [4.78, 5) is 15.3. The second-order valence-electron chi connectivity index (χ2n) is 7.47. The number of benzene rings is 1. The zero-order chi connectivity index (χ0) is 22.5. The molecule has 31 heavy (non-hydrogen) atoms. The van der Waals surface area contributed by atoms with Gasteiger partial charge >= 0.3 is 0 Å². The van der Waals surface area contributed by atoms with E-state index in [1.165, 1.54) is 34.0 Å². The van der Waals surface area contributed by atoms with Crippen molar-refractivity contribution in [3.8, 4) is 0 Å². The molecule has 0 saturated carbocycles. The van der Waals surface area contributed by atoms with Crippen LogP contribution in [0.2, 0.25) is 5.02 Å². The van der Waals surface area contributed by atoms with Crippen molar-refractivity contribution in [1.82, 2.24) is 9.21 Å². The van der Waals surface area contributed by atoms with Gasteiger partial charge in [0.25, 0.3) is 10.0 Å². The maximum Gasteiger partial charge on any atom is 0.253 e. The Labute approximate surface area is 193 Å². The Kier molecular flexibility index (Phi) is 5.86. The highest BCUT2D eigenvalue weighted by Crippen LogP contribution is 2.37. The molecule has 1 amide bonds. The highest BCUT2D eigenvalue weighted by Gasteiger charge is 2.41. The van der Waals surface area contributed by atoms with Crippen molar-refractivity contribution >= 4 is 66.1 Å². The molecule has 3 heterocycles. The molecular weight excluding hydrogens is 476 g/mol. The summed E-state index contributed by atoms with van der Waals surface area (Å²) in [5, 5.41) is 10.7. The highest BCUT2D eigenvalue weighted by molar-refractivity contribution is 7.91. The molecule has 2 aromatic heterocycles. The Bertz CT molecular complexity index is 1300. The summed E-state index contributed by atoms with van der Waals surface area (Å²) in [5.74, 6) is -0.226. The number of hydrogen-bond acceptors (Lipinski definition) is 6. The number of carbonyl (C=O) groups excluding carboxylic acids is 1. The number of likely N-dealkylation sites (tertiary alicyclic amines) is 1. The van der Waals surface area contributed by atoms with Crippen molar-refractivity contribution in [3.05, 3.63) is 50.7 Å². The van der Waals surface area contributed by atoms with Crippen LogP contribution in [0.3, 0.4) is 0 Å². The van der Waals surface area contributed by atoms with Crippen molar-refractivity contribution < 1.29 is 13.2 Å². The van der Waals surface area contributed by atoms with Gasteiger partial charge in [0.05, 0.1) is 4.88 Å². The molecule has 1 aliphatic heterocycles. The molecule has 0 bridgehead atoms. The van der Waals surface area contributed by atoms with Gasteiger partial charge in [-0.3, -0.25) is 10.2 Å². The minimum Gasteiger partial charge on any atom is -0.383 e. The summed E-state index contributed by atoms with van der Waals surface area (Å²) >= 11 is 8.62. The SMILES string of the molecule is Cc1c(S(=O)(=O)N(C)C2CCN(Cc3csc(C(=N)N)c3)C2=O)sc2ccc(Cl)cc12. The molecule has 1 aromatic carbocycles. The summed E-state index contributed by atoms with van der Waals surface area (Å²) in [7, 11) is -2.38. The molecule has 11 heteroatoms. The predicted molar refractivity (Wildman–Crippen MR) is 126 cm³/mol. The number of nitrogens with one attached hydrogen (secondary N) is 1. The van der Waals surface area contributed by atoms with E-state index in [1.54, 1.807) is 30.0 Å². The van der Waals surface area contributed by atoms with Gasteiger partial charge in [0.2, 0.25) is 5.91 Å². The number of sulfonamides is 1. The summed E-state index contributed by atoms with van der Waals surface area (Å²) in [5.41, 5.74) is 7.04. The van der Waals surface area contributed by atoms with Crippen LogP contribution in [0.1, 0.15) is 22.4 Å². The molecule has 4 rings (SSSR count). The smallest absolute Gasteiger partial charge is 0.253 e. The second-order valence-corrected chi connectivity index (χ2v) is 12.1. The maximum atomic E-state index is 13.4. The molecular formula is C20H21ClN4O3S3. The summed E-state index contributed by atoms with van der Waals surface area (Å²) in [6, 6.07) is 6.36. The van der Waals surface area contributed by atoms with Gasteiger partial charge in [-0.15, -0.1) is 22.7 Å². The fraction of sp³-hybridized carbons (Fsp3) is 0.300. The lowest BCUT2D eigenvalue weighted by Crippen LogP contribution is -2.42. The van der Waals surface area contributed by atoms with E-state index in [2.05, 4.69) is 0 Å². The van der Waals surface area contributed by atoms with Crippen LogP contribution in [0.25, 0.3) is 10.1 Å². The number of likely N-dealkylation sites (N-methyl/N-ethyl adjacent to an activating group) is 1. The molecule has 7 nitrogen and oxygen atoms in total. The van der Waals surface area contributed by atoms with Crippen molar-refractivity contribution in [2.45, 2.75) is 30.1 Å². The van der Waals surface area contributed by atoms with Gasteiger partial charge in [-0.25, -0.2) is 8.42 Å². The van der Waals surface area contributed by atoms with Crippen molar-refractivity contribution in [1.29, 1.82) is 5.41 Å². The Morgan fingerprint density at radius 1 is 1.39 bits per heavy atom. The van der Waals surface area contributed by atoms with Gasteiger partial charge < -0.3 is 10.6 Å². The molecule has 1 fully saturated rings. The number of halogens is 1. The average molecular weight is 497 g/mol. The topological polar surface area (TPSA) is 108 Å². The van der Waals surface area contributed by atoms with Crippen LogP contribution >= 0.6 is 34.3 Å². The number of aryl methyl sites for hydroxylation is 1. The minimum absolute atomic E-state index is 0.00677. The third kappa shape index (κ3) is 3.98. The number of nitrogen functional groups attached to an aromatic ring is 1. The first-order chi connectivity index (χ1) is 14.6. The minimum atomic E-state index is -3.85. The van der Waals surface area contributed by atoms with Crippen molar-refractivity contribution in [2.75, 3.05) is 13.6 Å². The largest absolute Gasteiger partial charge is 0.383 e. The number of carbonyl (C=O) groups is 1. The van der Waals surface area contributed by atoms with Gasteiger partial charge in [0.1, 0.15) is 16.1 Å². The fourth-order valence-electron chi connectivity index (χ4n) is 3.75. The lowest BCUT2D eigenvalue weighted by Gasteiger charge is -2.23. The molecule has 0 spiro atoms. The Morgan fingerprint density at radius 2 is 2.13 bits per heavy atom. The second kappa shape index (κ2) is 8.18. The molecule has 1 atom stereocenters. The number of rotatable bonds is 6. The van der Waals surface area contributed by atoms with Crippen LogP contribution in [0, 0.1) is 12.3 Å². The third-order valence-corrected chi connectivity index (χ3v) is 10.5. The Hall–Kier alpha value is -1.98. The monoisotopic (exact) mass is 496 g/mol. The quantitative estimate of drug-likeness (QED) is 0.401. The van der Waals surface area contributed by atoms with Crippen LogP contribution in [-0.2, 0) is 21.4 Å². The summed E-state index contributed by atoms with van der Waals surface area (Å²) < 4.78 is 29.0. The van der Waals surface area contributed by atoms with E-state index in [0.717, 1.165) is 15.6 Å². The van der Waals surface area contributed by atoms with Crippen LogP contribution in [0.5, 0.6) is 0 Å². The van der Waals surface area contributed by atoms with Crippen LogP contribution in [0.4, 0.5) is 0 Å². The Morgan fingerprint density at radius 3 is 2.81 bits per heavy atom. The summed E-state index contributed by atoms with van der Waals surface area (Å²) in [6.07, 6.45) is 0.425. The van der Waals surface area contributed by atoms with Crippen LogP contribution in [0.15, 0.2) is 33.9 Å². The van der Waals surface area contributed by atoms with Crippen LogP contribution in [-0.4, -0.2) is 49.0 Å². The van der Waals surface area contributed by atoms with Gasteiger partial charge in [0, 0.05) is 29.9 Å². The number of nitrogens with two attached hydrogens (primary N) is 1. The lowest BCUT2D eigenvalue weighted by atomic mass is 10.2. The van der Waals surface area contributed by atoms with E-state index in [-0.39, 0.29) is 16.0 Å². The van der Waals surface area contributed by atoms with Crippen molar-refractivity contribution in [2.24, 2.45) is 5.73 Å². The zero-order valence-corrected chi connectivity index (χ0v) is 20.1. The van der Waals surface area contributed by atoms with E-state index in [4.69, 9.17) is 22.7 Å². The molecule has 1 aliphatic rings. The lowest BCUT2D eigenvalue weighted by molar-refractivity contribution is -0.131. The first kappa shape index (κ1) is 22.2. The number of thiophene rings is 2. The molecule has 3 aromatic rings. The summed E-state index contributed by atoms with van der Waals surface area (Å²) in [6.45, 7) is 2.60. The van der Waals surface area contributed by atoms with Gasteiger partial charge in [-0.2, -0.15) is 4.31 Å². The number of amides is 1. The first-order valence-corrected chi connectivity index (χ1v) is 13.0. The predicted octanol–water partition coefficient (Wildman–Crippen LogP) is 3.63. The van der Waals surface area contributed by atoms with Gasteiger partial charge in [-0.05, 0) is 59.5 Å². The molecule has 1 saturated heterocycles. The molecule has 164 valence electrons. The maximum absolute atomic E-state index is 13.4. The number of fused-ring (bicyclic) bond motifs is 1. The number of amidine groups is 1. The number of nitrogens with zero attached hydrogens (tertiary/aromatic N) is 2. The zero-order valence-electron chi connectivity index (χ0n) is 16.9. The van der Waals surface area contributed by atoms with Crippen molar-refractivity contribution in [3.63, 3.8) is 0 Å². The first-order valence-electron chi connectivity index (χ1n) is 9.47. The third-order valence-electron chi connectivity index (χ3n) is 5.47. The molecule has 0 aliphatic carbocycles. The molecule has 1 unspecified atom stereocenters. The molecule has 3 N–H and O–H groups in total. The van der Waals surface area contributed by atoms with Gasteiger partial charge in [0.15, 0.2) is 0 Å². The van der Waals surface area contributed by atoms with E-state index in [9.17, 15) is 13.2 Å². The van der Waals surface area contributed by atoms with Gasteiger partial charge in [-0.1, -0.05) is 11.6 Å². The van der Waals surface area contributed by atoms with Crippen LogP contribution < -0.4 is 5.73 Å². The fourth-order valence-corrected chi connectivity index (χ4v) is 7.94. The van der Waals surface area contributed by atoms with E-state index >= 15 is 0 Å². The Balaban J connectivity index is 1.56. The van der Waals surface area contributed by atoms with E-state index < -0.39 is 16.1 Å². The van der Waals surface area contributed by atoms with E-state index in [0.29, 0.717) is 35.0 Å². The standard InChI is InChI=1S/C20H21ClN4O3S3/c1-11-14-8-13(21)3-4-16(14)30-20(11)31(27,28)24(2)15-5-6-25(19(15)26)9-12-7-17(18(22)23)29-10-12/h3-4,7-8,10,15H,5-6,9H2,1-2H3,(H3,22,23). The highest BCUT2D eigenvalue weighted by atomic mass is 35.5.